The summed E-state index contributed by atoms with van der Waals surface area (Å²) in [5, 5.41) is 2.89. The summed E-state index contributed by atoms with van der Waals surface area (Å²) in [6.45, 7) is 0. The summed E-state index contributed by atoms with van der Waals surface area (Å²) >= 11 is 5.96. The monoisotopic (exact) mass is 324 g/mol. The number of anilines is 2. The van der Waals surface area contributed by atoms with Crippen LogP contribution in [0.4, 0.5) is 11.4 Å². The summed E-state index contributed by atoms with van der Waals surface area (Å²) in [5.74, 6) is -0.396. The van der Waals surface area contributed by atoms with E-state index in [1.807, 2.05) is 0 Å². The highest BCUT2D eigenvalue weighted by atomic mass is 35.5. The Bertz CT molecular complexity index is 786. The van der Waals surface area contributed by atoms with E-state index in [1.54, 1.807) is 6.07 Å². The number of carbonyl (C=O) groups excluding carboxylic acids is 1. The molecule has 0 aliphatic carbocycles. The fourth-order valence-corrected chi connectivity index (χ4v) is 2.60. The van der Waals surface area contributed by atoms with Gasteiger partial charge in [-0.2, -0.15) is 0 Å². The zero-order valence-corrected chi connectivity index (χ0v) is 12.7. The van der Waals surface area contributed by atoms with Crippen molar-refractivity contribution in [2.24, 2.45) is 0 Å². The third-order valence-electron chi connectivity index (χ3n) is 2.78. The first-order valence-corrected chi connectivity index (χ1v) is 8.21. The number of benzene rings is 2. The van der Waals surface area contributed by atoms with Gasteiger partial charge in [-0.25, -0.2) is 8.42 Å². The van der Waals surface area contributed by atoms with Crippen molar-refractivity contribution < 1.29 is 13.2 Å². The van der Waals surface area contributed by atoms with Gasteiger partial charge in [0.1, 0.15) is 0 Å². The van der Waals surface area contributed by atoms with Crippen LogP contribution < -0.4 is 11.1 Å². The Morgan fingerprint density at radius 3 is 2.29 bits per heavy atom. The molecule has 0 saturated heterocycles. The van der Waals surface area contributed by atoms with Crippen molar-refractivity contribution in [3.05, 3.63) is 53.1 Å². The van der Waals surface area contributed by atoms with Crippen molar-refractivity contribution >= 4 is 38.7 Å². The predicted molar refractivity (Wildman–Crippen MR) is 83.4 cm³/mol. The molecule has 0 aromatic heterocycles. The van der Waals surface area contributed by atoms with Gasteiger partial charge >= 0.3 is 0 Å². The maximum Gasteiger partial charge on any atom is 0.257 e. The molecule has 5 nitrogen and oxygen atoms in total. The average molecular weight is 325 g/mol. The second kappa shape index (κ2) is 5.75. The first-order chi connectivity index (χ1) is 9.77. The Labute approximate surface area is 127 Å². The molecule has 2 aromatic rings. The molecule has 2 rings (SSSR count). The number of rotatable bonds is 3. The number of carbonyl (C=O) groups is 1. The molecule has 0 saturated carbocycles. The summed E-state index contributed by atoms with van der Waals surface area (Å²) in [5.41, 5.74) is 6.79. The smallest absolute Gasteiger partial charge is 0.257 e. The standard InChI is InChI=1S/C14H13ClN2O3S/c1-21(19,20)11-5-3-10(4-6-11)17-14(18)12-7-2-9(16)8-13(12)15/h2-8H,16H2,1H3,(H,17,18). The fourth-order valence-electron chi connectivity index (χ4n) is 1.70. The van der Waals surface area contributed by atoms with Crippen LogP contribution in [0.15, 0.2) is 47.4 Å². The van der Waals surface area contributed by atoms with Gasteiger partial charge in [-0.15, -0.1) is 0 Å². The number of amides is 1. The number of hydrogen-bond acceptors (Lipinski definition) is 4. The molecule has 0 heterocycles. The molecule has 7 heteroatoms. The summed E-state index contributed by atoms with van der Waals surface area (Å²) in [4.78, 5) is 12.3. The lowest BCUT2D eigenvalue weighted by Crippen LogP contribution is -2.12. The summed E-state index contributed by atoms with van der Waals surface area (Å²) in [6, 6.07) is 10.5. The van der Waals surface area contributed by atoms with Crippen molar-refractivity contribution in [1.29, 1.82) is 0 Å². The second-order valence-electron chi connectivity index (χ2n) is 4.49. The van der Waals surface area contributed by atoms with Crippen LogP contribution in [0, 0.1) is 0 Å². The first kappa shape index (κ1) is 15.3. The van der Waals surface area contributed by atoms with Gasteiger partial charge in [-0.3, -0.25) is 4.79 Å². The van der Waals surface area contributed by atoms with Gasteiger partial charge in [0, 0.05) is 17.6 Å². The lowest BCUT2D eigenvalue weighted by atomic mass is 10.2. The maximum atomic E-state index is 12.1. The van der Waals surface area contributed by atoms with E-state index in [9.17, 15) is 13.2 Å². The van der Waals surface area contributed by atoms with Gasteiger partial charge in [0.05, 0.1) is 15.5 Å². The molecule has 0 fully saturated rings. The first-order valence-electron chi connectivity index (χ1n) is 5.94. The fraction of sp³-hybridized carbons (Fsp3) is 0.0714. The minimum Gasteiger partial charge on any atom is -0.399 e. The molecule has 1 amide bonds. The number of halogens is 1. The molecule has 0 bridgehead atoms. The molecule has 0 atom stereocenters. The van der Waals surface area contributed by atoms with Crippen LogP contribution in [-0.2, 0) is 9.84 Å². The summed E-state index contributed by atoms with van der Waals surface area (Å²) in [7, 11) is -3.26. The minimum atomic E-state index is -3.26. The van der Waals surface area contributed by atoms with Crippen molar-refractivity contribution in [3.8, 4) is 0 Å². The highest BCUT2D eigenvalue weighted by molar-refractivity contribution is 7.90. The number of sulfone groups is 1. The predicted octanol–water partition coefficient (Wildman–Crippen LogP) is 2.58. The van der Waals surface area contributed by atoms with E-state index in [4.69, 9.17) is 17.3 Å². The zero-order chi connectivity index (χ0) is 15.6. The van der Waals surface area contributed by atoms with E-state index in [-0.39, 0.29) is 15.5 Å². The normalized spacial score (nSPS) is 11.1. The van der Waals surface area contributed by atoms with E-state index in [2.05, 4.69) is 5.32 Å². The summed E-state index contributed by atoms with van der Waals surface area (Å²) in [6.07, 6.45) is 1.12. The van der Waals surface area contributed by atoms with Crippen LogP contribution in [-0.4, -0.2) is 20.6 Å². The van der Waals surface area contributed by atoms with Crippen LogP contribution in [0.3, 0.4) is 0 Å². The lowest BCUT2D eigenvalue weighted by Gasteiger charge is -2.08. The number of nitrogen functional groups attached to an aromatic ring is 1. The average Bonchev–Trinajstić information content (AvgIpc) is 2.38. The molecule has 110 valence electrons. The van der Waals surface area contributed by atoms with Gasteiger partial charge in [-0.1, -0.05) is 11.6 Å². The molecule has 0 aliphatic rings. The van der Waals surface area contributed by atoms with Crippen LogP contribution in [0.5, 0.6) is 0 Å². The largest absolute Gasteiger partial charge is 0.399 e. The molecule has 0 radical (unpaired) electrons. The lowest BCUT2D eigenvalue weighted by molar-refractivity contribution is 0.102. The molecule has 21 heavy (non-hydrogen) atoms. The van der Waals surface area contributed by atoms with Gasteiger partial charge in [0.25, 0.3) is 5.91 Å². The van der Waals surface area contributed by atoms with Gasteiger partial charge in [-0.05, 0) is 42.5 Å². The third-order valence-corrected chi connectivity index (χ3v) is 4.22. The molecule has 2 aromatic carbocycles. The van der Waals surface area contributed by atoms with Crippen molar-refractivity contribution in [3.63, 3.8) is 0 Å². The zero-order valence-electron chi connectivity index (χ0n) is 11.1. The van der Waals surface area contributed by atoms with Crippen LogP contribution in [0.1, 0.15) is 10.4 Å². The topological polar surface area (TPSA) is 89.3 Å². The van der Waals surface area contributed by atoms with Crippen LogP contribution in [0.2, 0.25) is 5.02 Å². The third kappa shape index (κ3) is 3.74. The minimum absolute atomic E-state index is 0.186. The quantitative estimate of drug-likeness (QED) is 0.849. The van der Waals surface area contributed by atoms with Crippen molar-refractivity contribution in [2.45, 2.75) is 4.90 Å². The van der Waals surface area contributed by atoms with E-state index >= 15 is 0 Å². The second-order valence-corrected chi connectivity index (χ2v) is 6.91. The Morgan fingerprint density at radius 2 is 1.76 bits per heavy atom. The Kier molecular flexibility index (Phi) is 4.20. The number of nitrogens with two attached hydrogens (primary N) is 1. The van der Waals surface area contributed by atoms with Crippen molar-refractivity contribution in [1.82, 2.24) is 0 Å². The van der Waals surface area contributed by atoms with E-state index in [0.717, 1.165) is 6.26 Å². The summed E-state index contributed by atoms with van der Waals surface area (Å²) < 4.78 is 22.7. The van der Waals surface area contributed by atoms with E-state index < -0.39 is 15.7 Å². The van der Waals surface area contributed by atoms with Gasteiger partial charge in [0.2, 0.25) is 0 Å². The maximum absolute atomic E-state index is 12.1. The van der Waals surface area contributed by atoms with Crippen molar-refractivity contribution in [2.75, 3.05) is 17.3 Å². The Balaban J connectivity index is 2.20. The Hall–Kier alpha value is -2.05. The molecular formula is C14H13ClN2O3S. The number of nitrogens with one attached hydrogen (secondary N) is 1. The van der Waals surface area contributed by atoms with Gasteiger partial charge in [0.15, 0.2) is 9.84 Å². The number of hydrogen-bond donors (Lipinski definition) is 2. The van der Waals surface area contributed by atoms with E-state index in [0.29, 0.717) is 11.4 Å². The van der Waals surface area contributed by atoms with Gasteiger partial charge < -0.3 is 11.1 Å². The molecule has 3 N–H and O–H groups in total. The highest BCUT2D eigenvalue weighted by Gasteiger charge is 2.12. The Morgan fingerprint density at radius 1 is 1.14 bits per heavy atom. The molecule has 0 unspecified atom stereocenters. The molecule has 0 aliphatic heterocycles. The molecule has 0 spiro atoms. The van der Waals surface area contributed by atoms with E-state index in [1.165, 1.54) is 36.4 Å². The van der Waals surface area contributed by atoms with Crippen LogP contribution >= 0.6 is 11.6 Å². The van der Waals surface area contributed by atoms with Crippen LogP contribution in [0.25, 0.3) is 0 Å². The highest BCUT2D eigenvalue weighted by Crippen LogP contribution is 2.21. The SMILES string of the molecule is CS(=O)(=O)c1ccc(NC(=O)c2ccc(N)cc2Cl)cc1. The molecular weight excluding hydrogens is 312 g/mol.